The van der Waals surface area contributed by atoms with Crippen LogP contribution in [0, 0.1) is 0 Å². The minimum atomic E-state index is 0. The molecule has 0 rings (SSSR count). The zero-order valence-electron chi connectivity index (χ0n) is 3.83. The van der Waals surface area contributed by atoms with Crippen LogP contribution < -0.4 is 137 Å². The van der Waals surface area contributed by atoms with Crippen LogP contribution in [0.15, 0.2) is 0 Å². The van der Waals surface area contributed by atoms with E-state index in [2.05, 4.69) is 26.6 Å². The van der Waals surface area contributed by atoms with Crippen LogP contribution in [0.5, 0.6) is 0 Å². The molecule has 0 fully saturated rings. The van der Waals surface area contributed by atoms with Crippen LogP contribution in [0.1, 0.15) is 0 Å². The molecule has 0 atom stereocenters. The molecule has 0 aliphatic heterocycles. The molecule has 0 aromatic heterocycles. The van der Waals surface area contributed by atoms with Gasteiger partial charge in [-0.3, -0.25) is 0 Å². The first-order valence-electron chi connectivity index (χ1n) is 0.239. The van der Waals surface area contributed by atoms with E-state index in [9.17, 15) is 0 Å². The maximum atomic E-state index is 3.17. The van der Waals surface area contributed by atoms with E-state index < -0.39 is 0 Å². The molecule has 0 saturated carbocycles. The Hall–Kier alpha value is 5.88. The fourth-order valence-corrected chi connectivity index (χ4v) is 0. The Balaban J connectivity index is -0.00000000333. The monoisotopic (exact) mass is 589 g/mol. The first-order valence-corrected chi connectivity index (χ1v) is 10.2. The van der Waals surface area contributed by atoms with E-state index in [-0.39, 0.29) is 151 Å². The van der Waals surface area contributed by atoms with Crippen molar-refractivity contribution in [3.8, 4) is 0 Å². The Labute approximate surface area is 172 Å². The molecule has 0 aromatic rings. The summed E-state index contributed by atoms with van der Waals surface area (Å²) in [5, 5.41) is 0. The van der Waals surface area contributed by atoms with Gasteiger partial charge in [0.25, 0.3) is 0 Å². The molecular formula is Br4K2Pt. The molecule has 0 aliphatic carbocycles. The number of halogens is 4. The van der Waals surface area contributed by atoms with Crippen molar-refractivity contribution >= 4 is 26.6 Å². The molecule has 0 aromatic carbocycles. The van der Waals surface area contributed by atoms with E-state index >= 15 is 0 Å². The van der Waals surface area contributed by atoms with Crippen LogP contribution in [-0.4, -0.2) is 0 Å². The predicted octanol–water partition coefficient (Wildman–Crippen LogP) is -10.3. The summed E-state index contributed by atoms with van der Waals surface area (Å²) in [6.07, 6.45) is 0. The van der Waals surface area contributed by atoms with E-state index in [1.54, 1.807) is 0 Å². The fraction of sp³-hybridized carbons (Fsp3) is 0. The van der Waals surface area contributed by atoms with Crippen molar-refractivity contribution < 1.29 is 151 Å². The SMILES string of the molecule is [Br-].[Br-].[Br][Pt][Br].[K+].[K+]. The third-order valence-electron chi connectivity index (χ3n) is 0. The second-order valence-electron chi connectivity index (χ2n) is 0.0452. The van der Waals surface area contributed by atoms with Crippen molar-refractivity contribution in [3.05, 3.63) is 0 Å². The summed E-state index contributed by atoms with van der Waals surface area (Å²) in [5.41, 5.74) is 0. The Morgan fingerprint density at radius 2 is 0.857 bits per heavy atom. The summed E-state index contributed by atoms with van der Waals surface area (Å²) < 4.78 is 0. The molecule has 0 unspecified atom stereocenters. The summed E-state index contributed by atoms with van der Waals surface area (Å²) in [7, 11) is 0. The quantitative estimate of drug-likeness (QED) is 0.245. The first kappa shape index (κ1) is 29.3. The summed E-state index contributed by atoms with van der Waals surface area (Å²) in [6, 6.07) is 0. The van der Waals surface area contributed by atoms with E-state index in [4.69, 9.17) is 0 Å². The zero-order valence-corrected chi connectivity index (χ0v) is 18.7. The van der Waals surface area contributed by atoms with Crippen molar-refractivity contribution in [2.24, 2.45) is 0 Å². The van der Waals surface area contributed by atoms with E-state index in [0.29, 0.717) is 0 Å². The molecule has 0 bridgehead atoms. The average Bonchev–Trinajstić information content (AvgIpc) is 0.918. The van der Waals surface area contributed by atoms with Crippen LogP contribution in [0.3, 0.4) is 0 Å². The topological polar surface area (TPSA) is 0 Å². The number of rotatable bonds is 0. The van der Waals surface area contributed by atoms with Crippen LogP contribution >= 0.6 is 26.6 Å². The maximum absolute atomic E-state index is 3.17. The van der Waals surface area contributed by atoms with E-state index in [1.807, 2.05) is 0 Å². The molecule has 0 saturated heterocycles. The number of hydrogen-bond donors (Lipinski definition) is 0. The molecule has 0 aliphatic rings. The van der Waals surface area contributed by atoms with Gasteiger partial charge in [-0.1, -0.05) is 0 Å². The van der Waals surface area contributed by atoms with E-state index in [0.717, 1.165) is 0 Å². The van der Waals surface area contributed by atoms with Gasteiger partial charge in [0.05, 0.1) is 0 Å². The van der Waals surface area contributed by atoms with Gasteiger partial charge in [-0.15, -0.1) is 0 Å². The number of hydrogen-bond acceptors (Lipinski definition) is 0. The molecule has 0 heterocycles. The maximum Gasteiger partial charge on any atom is 1.00 e. The summed E-state index contributed by atoms with van der Waals surface area (Å²) in [5.74, 6) is 0. The molecule has 7 heavy (non-hydrogen) atoms. The molecular weight excluding hydrogens is 593 g/mol. The Morgan fingerprint density at radius 1 is 0.857 bits per heavy atom. The van der Waals surface area contributed by atoms with Gasteiger partial charge in [0.2, 0.25) is 0 Å². The van der Waals surface area contributed by atoms with Crippen molar-refractivity contribution in [2.75, 3.05) is 0 Å². The first-order chi connectivity index (χ1) is 1.41. The van der Waals surface area contributed by atoms with Crippen LogP contribution in [0.2, 0.25) is 0 Å². The van der Waals surface area contributed by atoms with Gasteiger partial charge in [0.15, 0.2) is 0 Å². The smallest absolute Gasteiger partial charge is 1.00 e. The standard InChI is InChI=1S/4BrH.2K.Pt/h4*1H;;;/q;;;;2*+1;+2/p-4. The van der Waals surface area contributed by atoms with Crippen LogP contribution in [0.25, 0.3) is 0 Å². The van der Waals surface area contributed by atoms with Gasteiger partial charge in [-0.2, -0.15) is 0 Å². The Morgan fingerprint density at radius 3 is 0.857 bits per heavy atom. The molecule has 0 spiro atoms. The normalized spacial score (nSPS) is 3.14. The van der Waals surface area contributed by atoms with Crippen LogP contribution in [-0.2, 0) is 14.5 Å². The van der Waals surface area contributed by atoms with Gasteiger partial charge in [-0.25, -0.2) is 0 Å². The molecule has 7 heteroatoms. The average molecular weight is 593 g/mol. The van der Waals surface area contributed by atoms with Crippen molar-refractivity contribution in [1.29, 1.82) is 0 Å². The minimum Gasteiger partial charge on any atom is 1.00 e. The predicted molar refractivity (Wildman–Crippen MR) is 17.9 cm³/mol. The molecule has 0 amide bonds. The van der Waals surface area contributed by atoms with Gasteiger partial charge >= 0.3 is 144 Å². The Bertz CT molecular complexity index is 9.65. The van der Waals surface area contributed by atoms with Gasteiger partial charge < -0.3 is 34.0 Å². The summed E-state index contributed by atoms with van der Waals surface area (Å²) in [6.45, 7) is 0. The summed E-state index contributed by atoms with van der Waals surface area (Å²) >= 11 is 6.56. The fourth-order valence-electron chi connectivity index (χ4n) is 0. The zero-order chi connectivity index (χ0) is 2.71. The molecule has 0 radical (unpaired) electrons. The van der Waals surface area contributed by atoms with Crippen molar-refractivity contribution in [2.45, 2.75) is 0 Å². The largest absolute Gasteiger partial charge is 1.00 e. The van der Waals surface area contributed by atoms with E-state index in [1.165, 1.54) is 0 Å². The third-order valence-corrected chi connectivity index (χ3v) is 0. The molecule has 0 N–H and O–H groups in total. The van der Waals surface area contributed by atoms with Gasteiger partial charge in [-0.05, 0) is 0 Å². The Kier molecular flexibility index (Phi) is 124. The van der Waals surface area contributed by atoms with Crippen molar-refractivity contribution in [1.82, 2.24) is 0 Å². The minimum absolute atomic E-state index is 0. The third kappa shape index (κ3) is 33.5. The van der Waals surface area contributed by atoms with Gasteiger partial charge in [0.1, 0.15) is 0 Å². The van der Waals surface area contributed by atoms with Crippen molar-refractivity contribution in [3.63, 3.8) is 0 Å². The molecule has 0 nitrogen and oxygen atoms in total. The second-order valence-corrected chi connectivity index (χ2v) is 9.98. The van der Waals surface area contributed by atoms with Gasteiger partial charge in [0, 0.05) is 0 Å². The molecule has 40 valence electrons. The second kappa shape index (κ2) is 29.7. The summed E-state index contributed by atoms with van der Waals surface area (Å²) in [4.78, 5) is 0. The van der Waals surface area contributed by atoms with Crippen LogP contribution in [0.4, 0.5) is 0 Å².